The van der Waals surface area contributed by atoms with Crippen LogP contribution in [-0.4, -0.2) is 18.1 Å². The Kier molecular flexibility index (Phi) is 4.32. The van der Waals surface area contributed by atoms with Crippen LogP contribution in [0.4, 0.5) is 0 Å². The molecule has 0 atom stereocenters. The lowest BCUT2D eigenvalue weighted by Crippen LogP contribution is -2.18. The summed E-state index contributed by atoms with van der Waals surface area (Å²) in [6, 6.07) is 8.27. The van der Waals surface area contributed by atoms with Gasteiger partial charge >= 0.3 is 0 Å². The highest BCUT2D eigenvalue weighted by Crippen LogP contribution is 2.16. The number of rotatable bonds is 6. The van der Waals surface area contributed by atoms with Gasteiger partial charge in [0.15, 0.2) is 11.5 Å². The van der Waals surface area contributed by atoms with Crippen molar-refractivity contribution in [2.75, 3.05) is 13.1 Å². The van der Waals surface area contributed by atoms with Crippen LogP contribution in [0.5, 0.6) is 0 Å². The van der Waals surface area contributed by atoms with Gasteiger partial charge in [0, 0.05) is 13.3 Å². The van der Waals surface area contributed by atoms with E-state index in [1.807, 2.05) is 19.1 Å². The molecule has 4 heteroatoms. The molecule has 0 aliphatic carbocycles. The molecule has 0 fully saturated rings. The van der Waals surface area contributed by atoms with Gasteiger partial charge in [-0.15, -0.1) is 0 Å². The van der Waals surface area contributed by atoms with Crippen LogP contribution in [0.3, 0.4) is 0 Å². The number of aryl methyl sites for hydroxylation is 1. The van der Waals surface area contributed by atoms with Crippen LogP contribution in [0.2, 0.25) is 0 Å². The Bertz CT molecular complexity index is 554. The van der Waals surface area contributed by atoms with Crippen molar-refractivity contribution in [3.8, 4) is 6.07 Å². The Labute approximate surface area is 107 Å². The summed E-state index contributed by atoms with van der Waals surface area (Å²) in [5.74, 6) is 0.705. The average Bonchev–Trinajstić information content (AvgIpc) is 2.73. The molecule has 4 nitrogen and oxygen atoms in total. The molecule has 0 bridgehead atoms. The van der Waals surface area contributed by atoms with Crippen molar-refractivity contribution in [1.29, 1.82) is 5.26 Å². The Hall–Kier alpha value is -1.86. The quantitative estimate of drug-likeness (QED) is 0.792. The highest BCUT2D eigenvalue weighted by Gasteiger charge is 2.02. The van der Waals surface area contributed by atoms with E-state index < -0.39 is 0 Å². The van der Waals surface area contributed by atoms with E-state index in [0.717, 1.165) is 37.0 Å². The van der Waals surface area contributed by atoms with E-state index in [9.17, 15) is 0 Å². The van der Waals surface area contributed by atoms with E-state index >= 15 is 0 Å². The van der Waals surface area contributed by atoms with Crippen LogP contribution < -0.4 is 5.32 Å². The summed E-state index contributed by atoms with van der Waals surface area (Å²) in [4.78, 5) is 4.27. The van der Waals surface area contributed by atoms with Crippen LogP contribution in [-0.2, 0) is 6.42 Å². The molecular formula is C14H17N3O. The van der Waals surface area contributed by atoms with Gasteiger partial charge in [-0.25, -0.2) is 4.98 Å². The molecule has 1 aromatic carbocycles. The molecule has 2 aromatic rings. The van der Waals surface area contributed by atoms with Gasteiger partial charge in [0.25, 0.3) is 0 Å². The molecular weight excluding hydrogens is 226 g/mol. The van der Waals surface area contributed by atoms with Crippen LogP contribution in [0.1, 0.15) is 24.3 Å². The molecule has 0 unspecified atom stereocenters. The Balaban J connectivity index is 1.82. The number of oxazole rings is 1. The van der Waals surface area contributed by atoms with E-state index in [4.69, 9.17) is 9.68 Å². The fraction of sp³-hybridized carbons (Fsp3) is 0.429. The van der Waals surface area contributed by atoms with Crippen molar-refractivity contribution in [2.24, 2.45) is 0 Å². The van der Waals surface area contributed by atoms with Crippen LogP contribution in [0.25, 0.3) is 11.1 Å². The SMILES string of the molecule is Cc1nc2ccc(CCNCCCC#N)cc2o1. The first-order chi connectivity index (χ1) is 8.79. The third-order valence-corrected chi connectivity index (χ3v) is 2.79. The monoisotopic (exact) mass is 243 g/mol. The Morgan fingerprint density at radius 1 is 1.39 bits per heavy atom. The predicted octanol–water partition coefficient (Wildman–Crippen LogP) is 2.57. The minimum absolute atomic E-state index is 0.621. The molecule has 94 valence electrons. The van der Waals surface area contributed by atoms with E-state index in [2.05, 4.69) is 22.4 Å². The maximum absolute atomic E-state index is 8.41. The van der Waals surface area contributed by atoms with Crippen molar-refractivity contribution >= 4 is 11.1 Å². The van der Waals surface area contributed by atoms with E-state index in [-0.39, 0.29) is 0 Å². The van der Waals surface area contributed by atoms with Gasteiger partial charge in [0.05, 0.1) is 6.07 Å². The molecule has 0 radical (unpaired) electrons. The molecule has 0 saturated heterocycles. The van der Waals surface area contributed by atoms with Crippen LogP contribution >= 0.6 is 0 Å². The maximum atomic E-state index is 8.41. The first kappa shape index (κ1) is 12.6. The summed E-state index contributed by atoms with van der Waals surface area (Å²) in [5.41, 5.74) is 3.01. The second-order valence-corrected chi connectivity index (χ2v) is 4.30. The first-order valence-electron chi connectivity index (χ1n) is 6.23. The zero-order valence-corrected chi connectivity index (χ0v) is 10.6. The average molecular weight is 243 g/mol. The van der Waals surface area contributed by atoms with Crippen molar-refractivity contribution in [3.05, 3.63) is 29.7 Å². The highest BCUT2D eigenvalue weighted by molar-refractivity contribution is 5.73. The van der Waals surface area contributed by atoms with Crippen molar-refractivity contribution in [1.82, 2.24) is 10.3 Å². The second kappa shape index (κ2) is 6.18. The Morgan fingerprint density at radius 3 is 3.11 bits per heavy atom. The number of nitrogens with zero attached hydrogens (tertiary/aromatic N) is 2. The zero-order valence-electron chi connectivity index (χ0n) is 10.6. The highest BCUT2D eigenvalue weighted by atomic mass is 16.3. The lowest BCUT2D eigenvalue weighted by atomic mass is 10.1. The molecule has 0 aliphatic rings. The first-order valence-corrected chi connectivity index (χ1v) is 6.23. The van der Waals surface area contributed by atoms with Gasteiger partial charge < -0.3 is 9.73 Å². The molecule has 0 aliphatic heterocycles. The Morgan fingerprint density at radius 2 is 2.28 bits per heavy atom. The minimum Gasteiger partial charge on any atom is -0.441 e. The summed E-state index contributed by atoms with van der Waals surface area (Å²) in [6.45, 7) is 3.68. The van der Waals surface area contributed by atoms with Gasteiger partial charge in [-0.05, 0) is 43.6 Å². The number of hydrogen-bond acceptors (Lipinski definition) is 4. The molecule has 0 amide bonds. The smallest absolute Gasteiger partial charge is 0.192 e. The summed E-state index contributed by atoms with van der Waals surface area (Å²) < 4.78 is 5.50. The standard InChI is InChI=1S/C14H17N3O/c1-11-17-13-5-4-12(10-14(13)18-11)6-9-16-8-3-2-7-15/h4-5,10,16H,2-3,6,8-9H2,1H3. The molecule has 0 saturated carbocycles. The number of nitriles is 1. The number of hydrogen-bond donors (Lipinski definition) is 1. The number of unbranched alkanes of at least 4 members (excludes halogenated alkanes) is 1. The fourth-order valence-electron chi connectivity index (χ4n) is 1.89. The van der Waals surface area contributed by atoms with E-state index in [1.54, 1.807) is 0 Å². The van der Waals surface area contributed by atoms with E-state index in [1.165, 1.54) is 5.56 Å². The third kappa shape index (κ3) is 3.31. The summed E-state index contributed by atoms with van der Waals surface area (Å²) in [6.07, 6.45) is 2.50. The summed E-state index contributed by atoms with van der Waals surface area (Å²) >= 11 is 0. The second-order valence-electron chi connectivity index (χ2n) is 4.30. The summed E-state index contributed by atoms with van der Waals surface area (Å²) in [7, 11) is 0. The summed E-state index contributed by atoms with van der Waals surface area (Å²) in [5, 5.41) is 11.7. The molecule has 18 heavy (non-hydrogen) atoms. The van der Waals surface area contributed by atoms with E-state index in [0.29, 0.717) is 12.3 Å². The van der Waals surface area contributed by atoms with Crippen molar-refractivity contribution < 1.29 is 4.42 Å². The van der Waals surface area contributed by atoms with Gasteiger partial charge in [-0.2, -0.15) is 5.26 Å². The van der Waals surface area contributed by atoms with Crippen LogP contribution in [0.15, 0.2) is 22.6 Å². The lowest BCUT2D eigenvalue weighted by Gasteiger charge is -2.03. The maximum Gasteiger partial charge on any atom is 0.192 e. The molecule has 2 rings (SSSR count). The fourth-order valence-corrected chi connectivity index (χ4v) is 1.89. The number of benzene rings is 1. The van der Waals surface area contributed by atoms with Gasteiger partial charge in [0.2, 0.25) is 0 Å². The molecule has 1 heterocycles. The zero-order chi connectivity index (χ0) is 12.8. The van der Waals surface area contributed by atoms with Gasteiger partial charge in [-0.1, -0.05) is 6.07 Å². The van der Waals surface area contributed by atoms with Gasteiger partial charge in [0.1, 0.15) is 5.52 Å². The van der Waals surface area contributed by atoms with Gasteiger partial charge in [-0.3, -0.25) is 0 Å². The molecule has 1 aromatic heterocycles. The van der Waals surface area contributed by atoms with Crippen molar-refractivity contribution in [2.45, 2.75) is 26.2 Å². The minimum atomic E-state index is 0.621. The topological polar surface area (TPSA) is 61.9 Å². The van der Waals surface area contributed by atoms with Crippen molar-refractivity contribution in [3.63, 3.8) is 0 Å². The lowest BCUT2D eigenvalue weighted by molar-refractivity contribution is 0.560. The third-order valence-electron chi connectivity index (χ3n) is 2.79. The predicted molar refractivity (Wildman–Crippen MR) is 70.2 cm³/mol. The number of fused-ring (bicyclic) bond motifs is 1. The van der Waals surface area contributed by atoms with Crippen LogP contribution in [0, 0.1) is 18.3 Å². The number of aromatic nitrogens is 1. The number of nitrogens with one attached hydrogen (secondary N) is 1. The normalized spacial score (nSPS) is 10.7. The molecule has 0 spiro atoms. The largest absolute Gasteiger partial charge is 0.441 e. The molecule has 1 N–H and O–H groups in total.